The molecule has 0 saturated heterocycles. The summed E-state index contributed by atoms with van der Waals surface area (Å²) in [6.07, 6.45) is 0. The van der Waals surface area contributed by atoms with Crippen molar-refractivity contribution in [2.24, 2.45) is 0 Å². The van der Waals surface area contributed by atoms with Gasteiger partial charge in [-0.25, -0.2) is 4.39 Å². The second-order valence-electron chi connectivity index (χ2n) is 4.27. The summed E-state index contributed by atoms with van der Waals surface area (Å²) < 4.78 is 13.4. The van der Waals surface area contributed by atoms with Crippen molar-refractivity contribution in [2.45, 2.75) is 12.3 Å². The Labute approximate surface area is 105 Å². The molecule has 0 amide bonds. The zero-order valence-electron chi connectivity index (χ0n) is 9.89. The summed E-state index contributed by atoms with van der Waals surface area (Å²) in [4.78, 5) is 0. The molecule has 0 aliphatic rings. The Morgan fingerprint density at radius 3 is 2.33 bits per heavy atom. The number of aromatic hydroxyl groups is 1. The van der Waals surface area contributed by atoms with Gasteiger partial charge in [0.05, 0.1) is 6.07 Å². The molecule has 2 aromatic rings. The summed E-state index contributed by atoms with van der Waals surface area (Å²) in [6.45, 7) is 1.73. The molecule has 2 rings (SSSR count). The van der Waals surface area contributed by atoms with Gasteiger partial charge in [-0.1, -0.05) is 36.4 Å². The maximum atomic E-state index is 13.4. The van der Waals surface area contributed by atoms with Gasteiger partial charge >= 0.3 is 0 Å². The van der Waals surface area contributed by atoms with Crippen molar-refractivity contribution in [3.8, 4) is 11.8 Å². The quantitative estimate of drug-likeness (QED) is 0.876. The van der Waals surface area contributed by atoms with Crippen LogP contribution in [0.2, 0.25) is 0 Å². The molecule has 0 spiro atoms. The minimum atomic E-state index is -0.935. The molecule has 0 aliphatic carbocycles. The van der Waals surface area contributed by atoms with Crippen LogP contribution in [0.5, 0.6) is 5.75 Å². The van der Waals surface area contributed by atoms with Crippen molar-refractivity contribution in [2.75, 3.05) is 0 Å². The number of nitriles is 1. The number of nitrogens with zero attached hydrogens (tertiary/aromatic N) is 1. The maximum Gasteiger partial charge on any atom is 0.165 e. The van der Waals surface area contributed by atoms with E-state index in [1.165, 1.54) is 12.1 Å². The molecule has 0 saturated carbocycles. The number of hydrogen-bond donors (Lipinski definition) is 1. The molecule has 0 aromatic heterocycles. The zero-order valence-corrected chi connectivity index (χ0v) is 9.89. The van der Waals surface area contributed by atoms with E-state index >= 15 is 0 Å². The first-order valence-electron chi connectivity index (χ1n) is 5.53. The Balaban J connectivity index is 2.58. The average molecular weight is 241 g/mol. The van der Waals surface area contributed by atoms with Crippen LogP contribution in [0.25, 0.3) is 0 Å². The van der Waals surface area contributed by atoms with Gasteiger partial charge in [-0.3, -0.25) is 0 Å². The third-order valence-corrected chi connectivity index (χ3v) is 3.10. The lowest BCUT2D eigenvalue weighted by atomic mass is 9.77. The Morgan fingerprint density at radius 2 is 1.78 bits per heavy atom. The summed E-state index contributed by atoms with van der Waals surface area (Å²) >= 11 is 0. The first-order chi connectivity index (χ1) is 8.58. The minimum absolute atomic E-state index is 0.410. The highest BCUT2D eigenvalue weighted by atomic mass is 19.1. The minimum Gasteiger partial charge on any atom is -0.505 e. The van der Waals surface area contributed by atoms with E-state index in [9.17, 15) is 14.8 Å². The fourth-order valence-electron chi connectivity index (χ4n) is 1.89. The highest BCUT2D eigenvalue weighted by Crippen LogP contribution is 2.33. The fourth-order valence-corrected chi connectivity index (χ4v) is 1.89. The third kappa shape index (κ3) is 1.93. The Bertz CT molecular complexity index is 604. The molecule has 1 unspecified atom stereocenters. The van der Waals surface area contributed by atoms with Crippen LogP contribution < -0.4 is 0 Å². The van der Waals surface area contributed by atoms with E-state index in [0.717, 1.165) is 5.56 Å². The molecule has 0 aliphatic heterocycles. The lowest BCUT2D eigenvalue weighted by molar-refractivity contribution is 0.431. The molecule has 18 heavy (non-hydrogen) atoms. The topological polar surface area (TPSA) is 44.0 Å². The fraction of sp³-hybridized carbons (Fsp3) is 0.133. The van der Waals surface area contributed by atoms with E-state index in [-0.39, 0.29) is 0 Å². The largest absolute Gasteiger partial charge is 0.505 e. The predicted octanol–water partition coefficient (Wildman–Crippen LogP) is 3.36. The average Bonchev–Trinajstić information content (AvgIpc) is 2.42. The van der Waals surface area contributed by atoms with E-state index in [0.29, 0.717) is 5.56 Å². The Kier molecular flexibility index (Phi) is 3.03. The highest BCUT2D eigenvalue weighted by molar-refractivity contribution is 5.46. The van der Waals surface area contributed by atoms with Crippen LogP contribution in [0.1, 0.15) is 18.1 Å². The van der Waals surface area contributed by atoms with Crippen molar-refractivity contribution in [1.29, 1.82) is 5.26 Å². The number of halogens is 1. The van der Waals surface area contributed by atoms with Crippen molar-refractivity contribution < 1.29 is 9.50 Å². The molecule has 0 fully saturated rings. The van der Waals surface area contributed by atoms with Gasteiger partial charge in [0.15, 0.2) is 11.6 Å². The molecular formula is C15H12FNO. The van der Waals surface area contributed by atoms with Crippen LogP contribution in [-0.2, 0) is 5.41 Å². The van der Waals surface area contributed by atoms with Crippen molar-refractivity contribution in [3.05, 3.63) is 65.5 Å². The van der Waals surface area contributed by atoms with Gasteiger partial charge < -0.3 is 5.11 Å². The molecule has 0 bridgehead atoms. The SMILES string of the molecule is CC(C#N)(c1ccccc1)c1ccc(O)c(F)c1. The second kappa shape index (κ2) is 4.50. The first kappa shape index (κ1) is 12.1. The summed E-state index contributed by atoms with van der Waals surface area (Å²) in [6, 6.07) is 15.4. The maximum absolute atomic E-state index is 13.4. The van der Waals surface area contributed by atoms with Crippen LogP contribution in [0.15, 0.2) is 48.5 Å². The van der Waals surface area contributed by atoms with E-state index in [1.54, 1.807) is 13.0 Å². The van der Waals surface area contributed by atoms with Gasteiger partial charge in [-0.05, 0) is 30.2 Å². The summed E-state index contributed by atoms with van der Waals surface area (Å²) in [5.74, 6) is -1.13. The van der Waals surface area contributed by atoms with Crippen molar-refractivity contribution in [1.82, 2.24) is 0 Å². The molecule has 1 N–H and O–H groups in total. The summed E-state index contributed by atoms with van der Waals surface area (Å²) in [5, 5.41) is 18.6. The Hall–Kier alpha value is -2.34. The predicted molar refractivity (Wildman–Crippen MR) is 66.6 cm³/mol. The number of hydrogen-bond acceptors (Lipinski definition) is 2. The second-order valence-corrected chi connectivity index (χ2v) is 4.27. The Morgan fingerprint density at radius 1 is 1.11 bits per heavy atom. The number of phenolic OH excluding ortho intramolecular Hbond substituents is 1. The lowest BCUT2D eigenvalue weighted by Crippen LogP contribution is -2.21. The van der Waals surface area contributed by atoms with Crippen LogP contribution >= 0.6 is 0 Å². The smallest absolute Gasteiger partial charge is 0.165 e. The normalized spacial score (nSPS) is 13.6. The molecule has 90 valence electrons. The van der Waals surface area contributed by atoms with Gasteiger partial charge in [-0.15, -0.1) is 0 Å². The van der Waals surface area contributed by atoms with E-state index in [4.69, 9.17) is 0 Å². The standard InChI is InChI=1S/C15H12FNO/c1-15(10-17,11-5-3-2-4-6-11)12-7-8-14(18)13(16)9-12/h2-9,18H,1H3. The van der Waals surface area contributed by atoms with E-state index in [1.807, 2.05) is 30.3 Å². The molecule has 0 heterocycles. The third-order valence-electron chi connectivity index (χ3n) is 3.10. The van der Waals surface area contributed by atoms with Gasteiger partial charge in [0, 0.05) is 0 Å². The number of phenols is 1. The van der Waals surface area contributed by atoms with Crippen LogP contribution in [-0.4, -0.2) is 5.11 Å². The molecule has 2 nitrogen and oxygen atoms in total. The van der Waals surface area contributed by atoms with Gasteiger partial charge in [0.2, 0.25) is 0 Å². The number of benzene rings is 2. The highest BCUT2D eigenvalue weighted by Gasteiger charge is 2.29. The van der Waals surface area contributed by atoms with E-state index in [2.05, 4.69) is 6.07 Å². The van der Waals surface area contributed by atoms with Crippen LogP contribution in [0.4, 0.5) is 4.39 Å². The van der Waals surface area contributed by atoms with Crippen molar-refractivity contribution >= 4 is 0 Å². The van der Waals surface area contributed by atoms with Gasteiger partial charge in [0.25, 0.3) is 0 Å². The van der Waals surface area contributed by atoms with Gasteiger partial charge in [-0.2, -0.15) is 5.26 Å². The zero-order chi connectivity index (χ0) is 13.2. The molecule has 3 heteroatoms. The molecule has 1 atom stereocenters. The molecular weight excluding hydrogens is 229 g/mol. The molecule has 2 aromatic carbocycles. The van der Waals surface area contributed by atoms with E-state index < -0.39 is 17.0 Å². The lowest BCUT2D eigenvalue weighted by Gasteiger charge is -2.22. The van der Waals surface area contributed by atoms with Gasteiger partial charge in [0.1, 0.15) is 5.41 Å². The molecule has 0 radical (unpaired) electrons. The first-order valence-corrected chi connectivity index (χ1v) is 5.53. The summed E-state index contributed by atoms with van der Waals surface area (Å²) in [7, 11) is 0. The summed E-state index contributed by atoms with van der Waals surface area (Å²) in [5.41, 5.74) is 0.375. The monoisotopic (exact) mass is 241 g/mol. The number of rotatable bonds is 2. The van der Waals surface area contributed by atoms with Crippen molar-refractivity contribution in [3.63, 3.8) is 0 Å². The van der Waals surface area contributed by atoms with Crippen LogP contribution in [0, 0.1) is 17.1 Å². The van der Waals surface area contributed by atoms with Crippen LogP contribution in [0.3, 0.4) is 0 Å².